The van der Waals surface area contributed by atoms with Gasteiger partial charge in [-0.3, -0.25) is 4.79 Å². The number of rotatable bonds is 3. The largest absolute Gasteiger partial charge is 0.376 e. The molecule has 0 aromatic heterocycles. The Morgan fingerprint density at radius 1 is 1.48 bits per heavy atom. The van der Waals surface area contributed by atoms with Crippen LogP contribution in [0.3, 0.4) is 0 Å². The summed E-state index contributed by atoms with van der Waals surface area (Å²) in [7, 11) is 0. The zero-order valence-corrected chi connectivity index (χ0v) is 12.7. The van der Waals surface area contributed by atoms with E-state index in [4.69, 9.17) is 11.6 Å². The van der Waals surface area contributed by atoms with Crippen molar-refractivity contribution in [1.82, 2.24) is 4.90 Å². The van der Waals surface area contributed by atoms with Crippen molar-refractivity contribution in [2.24, 2.45) is 5.92 Å². The van der Waals surface area contributed by atoms with Gasteiger partial charge in [-0.15, -0.1) is 0 Å². The number of likely N-dealkylation sites (tertiary alicyclic amines) is 1. The summed E-state index contributed by atoms with van der Waals surface area (Å²) in [5.41, 5.74) is 0.747. The van der Waals surface area contributed by atoms with Crippen molar-refractivity contribution in [3.8, 4) is 6.07 Å². The molecule has 0 bridgehead atoms. The number of carbonyl (C=O) groups is 1. The molecule has 1 fully saturated rings. The van der Waals surface area contributed by atoms with Gasteiger partial charge in [-0.05, 0) is 43.0 Å². The number of nitriles is 1. The van der Waals surface area contributed by atoms with Crippen LogP contribution in [0.25, 0.3) is 0 Å². The van der Waals surface area contributed by atoms with Gasteiger partial charge in [0.25, 0.3) is 5.91 Å². The van der Waals surface area contributed by atoms with E-state index in [1.54, 1.807) is 30.5 Å². The summed E-state index contributed by atoms with van der Waals surface area (Å²) in [6, 6.07) is 8.78. The molecular weight excluding hydrogens is 286 g/mol. The predicted molar refractivity (Wildman–Crippen MR) is 83.7 cm³/mol. The SMILES string of the molecule is CC1CCCN(/C=C(/C#N)C(=O)Nc2ccc(Cl)cc2)C1. The maximum Gasteiger partial charge on any atom is 0.267 e. The second-order valence-electron chi connectivity index (χ2n) is 5.36. The molecule has 1 aromatic carbocycles. The van der Waals surface area contributed by atoms with Crippen LogP contribution in [0.5, 0.6) is 0 Å². The highest BCUT2D eigenvalue weighted by Crippen LogP contribution is 2.17. The Morgan fingerprint density at radius 2 is 2.19 bits per heavy atom. The Balaban J connectivity index is 2.04. The zero-order chi connectivity index (χ0) is 15.2. The molecule has 5 heteroatoms. The molecule has 2 rings (SSSR count). The third-order valence-electron chi connectivity index (χ3n) is 3.47. The first-order chi connectivity index (χ1) is 10.1. The lowest BCUT2D eigenvalue weighted by Gasteiger charge is -2.29. The summed E-state index contributed by atoms with van der Waals surface area (Å²) < 4.78 is 0. The smallest absolute Gasteiger partial charge is 0.267 e. The van der Waals surface area contributed by atoms with E-state index in [0.717, 1.165) is 19.5 Å². The van der Waals surface area contributed by atoms with E-state index in [9.17, 15) is 10.1 Å². The molecule has 1 saturated heterocycles. The van der Waals surface area contributed by atoms with E-state index in [-0.39, 0.29) is 5.57 Å². The number of hydrogen-bond acceptors (Lipinski definition) is 3. The van der Waals surface area contributed by atoms with Crippen LogP contribution in [0.1, 0.15) is 19.8 Å². The third kappa shape index (κ3) is 4.51. The number of halogens is 1. The number of piperidine rings is 1. The number of benzene rings is 1. The van der Waals surface area contributed by atoms with Gasteiger partial charge in [0.15, 0.2) is 0 Å². The number of nitrogens with one attached hydrogen (secondary N) is 1. The van der Waals surface area contributed by atoms with Gasteiger partial charge in [-0.1, -0.05) is 18.5 Å². The van der Waals surface area contributed by atoms with Gasteiger partial charge in [-0.25, -0.2) is 0 Å². The zero-order valence-electron chi connectivity index (χ0n) is 12.0. The van der Waals surface area contributed by atoms with Crippen LogP contribution in [0.15, 0.2) is 36.0 Å². The number of amides is 1. The van der Waals surface area contributed by atoms with Crippen LogP contribution in [0.4, 0.5) is 5.69 Å². The van der Waals surface area contributed by atoms with E-state index in [2.05, 4.69) is 12.2 Å². The summed E-state index contributed by atoms with van der Waals surface area (Å²) >= 11 is 5.80. The van der Waals surface area contributed by atoms with Crippen molar-refractivity contribution in [2.45, 2.75) is 19.8 Å². The summed E-state index contributed by atoms with van der Waals surface area (Å²) in [5.74, 6) is 0.201. The first-order valence-electron chi connectivity index (χ1n) is 7.01. The Hall–Kier alpha value is -1.99. The number of carbonyl (C=O) groups excluding carboxylic acids is 1. The highest BCUT2D eigenvalue weighted by Gasteiger charge is 2.16. The molecule has 1 aliphatic rings. The van der Waals surface area contributed by atoms with Gasteiger partial charge in [0.2, 0.25) is 0 Å². The fourth-order valence-electron chi connectivity index (χ4n) is 2.40. The molecule has 0 saturated carbocycles. The van der Waals surface area contributed by atoms with E-state index in [0.29, 0.717) is 16.6 Å². The molecule has 110 valence electrons. The maximum atomic E-state index is 12.1. The molecule has 0 aliphatic carbocycles. The Labute approximate surface area is 130 Å². The van der Waals surface area contributed by atoms with Crippen LogP contribution in [0.2, 0.25) is 5.02 Å². The minimum absolute atomic E-state index is 0.124. The second kappa shape index (κ2) is 7.14. The average Bonchev–Trinajstić information content (AvgIpc) is 2.47. The van der Waals surface area contributed by atoms with Gasteiger partial charge in [0.05, 0.1) is 0 Å². The van der Waals surface area contributed by atoms with Crippen molar-refractivity contribution in [2.75, 3.05) is 18.4 Å². The van der Waals surface area contributed by atoms with Gasteiger partial charge in [0, 0.05) is 30.0 Å². The van der Waals surface area contributed by atoms with Crippen LogP contribution >= 0.6 is 11.6 Å². The van der Waals surface area contributed by atoms with Crippen molar-refractivity contribution >= 4 is 23.2 Å². The lowest BCUT2D eigenvalue weighted by atomic mass is 10.0. The minimum atomic E-state index is -0.391. The number of nitrogens with zero attached hydrogens (tertiary/aromatic N) is 2. The van der Waals surface area contributed by atoms with Crippen LogP contribution < -0.4 is 5.32 Å². The van der Waals surface area contributed by atoms with Gasteiger partial charge >= 0.3 is 0 Å². The van der Waals surface area contributed by atoms with Crippen molar-refractivity contribution in [3.05, 3.63) is 41.1 Å². The molecule has 0 radical (unpaired) electrons. The van der Waals surface area contributed by atoms with E-state index >= 15 is 0 Å². The summed E-state index contributed by atoms with van der Waals surface area (Å²) in [5, 5.41) is 12.5. The molecular formula is C16H18ClN3O. The summed E-state index contributed by atoms with van der Waals surface area (Å²) in [6.45, 7) is 3.96. The second-order valence-corrected chi connectivity index (χ2v) is 5.79. The topological polar surface area (TPSA) is 56.1 Å². The Bertz CT molecular complexity index is 574. The molecule has 4 nitrogen and oxygen atoms in total. The van der Waals surface area contributed by atoms with E-state index in [1.165, 1.54) is 6.42 Å². The van der Waals surface area contributed by atoms with Crippen LogP contribution in [-0.2, 0) is 4.79 Å². The summed E-state index contributed by atoms with van der Waals surface area (Å²) in [4.78, 5) is 14.2. The molecule has 21 heavy (non-hydrogen) atoms. The lowest BCUT2D eigenvalue weighted by molar-refractivity contribution is -0.112. The van der Waals surface area contributed by atoms with Gasteiger partial charge in [0.1, 0.15) is 11.6 Å². The standard InChI is InChI=1S/C16H18ClN3O/c1-12-3-2-8-20(10-12)11-13(9-18)16(21)19-15-6-4-14(17)5-7-15/h4-7,11-12H,2-3,8,10H2,1H3,(H,19,21)/b13-11-. The molecule has 1 atom stereocenters. The normalized spacial score (nSPS) is 19.0. The highest BCUT2D eigenvalue weighted by molar-refractivity contribution is 6.30. The molecule has 0 spiro atoms. The summed E-state index contributed by atoms with van der Waals surface area (Å²) in [6.07, 6.45) is 3.96. The molecule has 1 aliphatic heterocycles. The maximum absolute atomic E-state index is 12.1. The monoisotopic (exact) mass is 303 g/mol. The van der Waals surface area contributed by atoms with Gasteiger partial charge in [-0.2, -0.15) is 5.26 Å². The molecule has 1 aromatic rings. The molecule has 1 amide bonds. The Kier molecular flexibility index (Phi) is 5.24. The average molecular weight is 304 g/mol. The van der Waals surface area contributed by atoms with Crippen molar-refractivity contribution < 1.29 is 4.79 Å². The number of hydrogen-bond donors (Lipinski definition) is 1. The van der Waals surface area contributed by atoms with Crippen molar-refractivity contribution in [3.63, 3.8) is 0 Å². The fourth-order valence-corrected chi connectivity index (χ4v) is 2.52. The number of anilines is 1. The molecule has 1 heterocycles. The van der Waals surface area contributed by atoms with Crippen LogP contribution in [0, 0.1) is 17.2 Å². The van der Waals surface area contributed by atoms with Crippen LogP contribution in [-0.4, -0.2) is 23.9 Å². The third-order valence-corrected chi connectivity index (χ3v) is 3.72. The fraction of sp³-hybridized carbons (Fsp3) is 0.375. The highest BCUT2D eigenvalue weighted by atomic mass is 35.5. The molecule has 1 N–H and O–H groups in total. The quantitative estimate of drug-likeness (QED) is 0.687. The predicted octanol–water partition coefficient (Wildman–Crippen LogP) is 3.42. The Morgan fingerprint density at radius 3 is 2.81 bits per heavy atom. The van der Waals surface area contributed by atoms with Crippen molar-refractivity contribution in [1.29, 1.82) is 5.26 Å². The molecule has 1 unspecified atom stereocenters. The lowest BCUT2D eigenvalue weighted by Crippen LogP contribution is -2.31. The van der Waals surface area contributed by atoms with Gasteiger partial charge < -0.3 is 10.2 Å². The van der Waals surface area contributed by atoms with E-state index in [1.807, 2.05) is 11.0 Å². The minimum Gasteiger partial charge on any atom is -0.376 e. The van der Waals surface area contributed by atoms with E-state index < -0.39 is 5.91 Å². The first kappa shape index (κ1) is 15.4. The first-order valence-corrected chi connectivity index (χ1v) is 7.39.